The molecule has 2 fully saturated rings. The molecule has 2 saturated heterocycles. The average Bonchev–Trinajstić information content (AvgIpc) is 3.47. The van der Waals surface area contributed by atoms with Gasteiger partial charge in [-0.3, -0.25) is 14.5 Å². The first kappa shape index (κ1) is 26.6. The van der Waals surface area contributed by atoms with E-state index in [0.29, 0.717) is 54.3 Å². The third-order valence-electron chi connectivity index (χ3n) is 8.23. The van der Waals surface area contributed by atoms with E-state index in [2.05, 4.69) is 32.1 Å². The summed E-state index contributed by atoms with van der Waals surface area (Å²) in [6.45, 7) is 9.43. The number of ether oxygens (including phenoxy) is 1. The van der Waals surface area contributed by atoms with E-state index in [1.165, 1.54) is 29.5 Å². The number of nitrogens with one attached hydrogen (secondary N) is 1. The SMILES string of the molecule is CC(C)(O)[C@H](F)CN1Cc2cc(NC(=O)c3cnn4cccnc34)c(N3CCN(C4(C)COC4)CC3)cc2C1=O. The Kier molecular flexibility index (Phi) is 6.51. The van der Waals surface area contributed by atoms with E-state index in [4.69, 9.17) is 4.74 Å². The van der Waals surface area contributed by atoms with Crippen LogP contribution in [0.25, 0.3) is 5.65 Å². The van der Waals surface area contributed by atoms with Crippen molar-refractivity contribution in [3.05, 3.63) is 53.5 Å². The first-order valence-corrected chi connectivity index (χ1v) is 13.5. The third-order valence-corrected chi connectivity index (χ3v) is 8.23. The zero-order valence-corrected chi connectivity index (χ0v) is 22.9. The number of hydrogen-bond acceptors (Lipinski definition) is 8. The van der Waals surface area contributed by atoms with Gasteiger partial charge in [0.1, 0.15) is 11.7 Å². The Bertz CT molecular complexity index is 1460. The van der Waals surface area contributed by atoms with Crippen molar-refractivity contribution in [1.82, 2.24) is 24.4 Å². The van der Waals surface area contributed by atoms with E-state index in [9.17, 15) is 19.1 Å². The molecule has 1 aromatic carbocycles. The van der Waals surface area contributed by atoms with Gasteiger partial charge in [0.25, 0.3) is 11.8 Å². The Balaban J connectivity index is 1.30. The van der Waals surface area contributed by atoms with Crippen molar-refractivity contribution < 1.29 is 23.8 Å². The summed E-state index contributed by atoms with van der Waals surface area (Å²) in [5.74, 6) is -0.648. The average molecular weight is 552 g/mol. The van der Waals surface area contributed by atoms with Crippen LogP contribution in [0.4, 0.5) is 15.8 Å². The van der Waals surface area contributed by atoms with Crippen LogP contribution >= 0.6 is 0 Å². The summed E-state index contributed by atoms with van der Waals surface area (Å²) in [5.41, 5.74) is 1.73. The minimum atomic E-state index is -1.60. The van der Waals surface area contributed by atoms with E-state index in [1.807, 2.05) is 12.1 Å². The number of aliphatic hydroxyl groups is 1. The fraction of sp³-hybridized carbons (Fsp3) is 0.500. The highest BCUT2D eigenvalue weighted by Gasteiger charge is 2.41. The predicted molar refractivity (Wildman–Crippen MR) is 146 cm³/mol. The van der Waals surface area contributed by atoms with Crippen molar-refractivity contribution in [2.75, 3.05) is 56.2 Å². The fourth-order valence-corrected chi connectivity index (χ4v) is 5.58. The molecule has 3 aromatic rings. The summed E-state index contributed by atoms with van der Waals surface area (Å²) >= 11 is 0. The Morgan fingerprint density at radius 2 is 2.00 bits per heavy atom. The molecule has 0 aliphatic carbocycles. The lowest BCUT2D eigenvalue weighted by molar-refractivity contribution is -0.131. The predicted octanol–water partition coefficient (Wildman–Crippen LogP) is 1.96. The topological polar surface area (TPSA) is 116 Å². The Labute approximate surface area is 231 Å². The van der Waals surface area contributed by atoms with E-state index >= 15 is 0 Å². The van der Waals surface area contributed by atoms with Crippen LogP contribution in [0.1, 0.15) is 47.1 Å². The zero-order chi connectivity index (χ0) is 28.2. The summed E-state index contributed by atoms with van der Waals surface area (Å²) in [6, 6.07) is 5.35. The minimum absolute atomic E-state index is 0.0391. The van der Waals surface area contributed by atoms with Gasteiger partial charge < -0.3 is 25.0 Å². The number of amides is 2. The Morgan fingerprint density at radius 1 is 1.25 bits per heavy atom. The maximum Gasteiger partial charge on any atom is 0.261 e. The number of fused-ring (bicyclic) bond motifs is 2. The molecule has 0 radical (unpaired) electrons. The number of anilines is 2. The maximum absolute atomic E-state index is 14.7. The van der Waals surface area contributed by atoms with Crippen molar-refractivity contribution in [3.8, 4) is 0 Å². The van der Waals surface area contributed by atoms with Gasteiger partial charge in [-0.15, -0.1) is 0 Å². The molecule has 0 spiro atoms. The van der Waals surface area contributed by atoms with E-state index in [0.717, 1.165) is 18.8 Å². The molecule has 12 heteroatoms. The molecule has 212 valence electrons. The van der Waals surface area contributed by atoms with Gasteiger partial charge in [0.05, 0.1) is 48.5 Å². The van der Waals surface area contributed by atoms with Gasteiger partial charge in [0, 0.05) is 50.7 Å². The second kappa shape index (κ2) is 9.79. The van der Waals surface area contributed by atoms with Gasteiger partial charge >= 0.3 is 0 Å². The molecule has 0 bridgehead atoms. The molecule has 3 aliphatic rings. The van der Waals surface area contributed by atoms with Gasteiger partial charge in [-0.1, -0.05) is 0 Å². The quantitative estimate of drug-likeness (QED) is 0.458. The van der Waals surface area contributed by atoms with E-state index in [1.54, 1.807) is 18.5 Å². The van der Waals surface area contributed by atoms with Gasteiger partial charge in [0.2, 0.25) is 0 Å². The highest BCUT2D eigenvalue weighted by Crippen LogP contribution is 2.37. The van der Waals surface area contributed by atoms with Crippen LogP contribution in [-0.2, 0) is 11.3 Å². The molecule has 40 heavy (non-hydrogen) atoms. The molecule has 3 aliphatic heterocycles. The molecular formula is C28H34FN7O4. The van der Waals surface area contributed by atoms with Crippen LogP contribution in [-0.4, -0.2) is 105 Å². The first-order chi connectivity index (χ1) is 19.0. The van der Waals surface area contributed by atoms with Crippen molar-refractivity contribution in [2.24, 2.45) is 0 Å². The van der Waals surface area contributed by atoms with Crippen LogP contribution in [0.2, 0.25) is 0 Å². The molecule has 0 unspecified atom stereocenters. The number of piperazine rings is 1. The molecule has 1 atom stereocenters. The molecule has 6 rings (SSSR count). The number of aromatic nitrogens is 3. The van der Waals surface area contributed by atoms with E-state index in [-0.39, 0.29) is 30.4 Å². The first-order valence-electron chi connectivity index (χ1n) is 13.5. The highest BCUT2D eigenvalue weighted by atomic mass is 19.1. The standard InChI is InChI=1S/C28H34FN7O4/c1-27(2,39)23(29)15-34-14-18-11-21(32-25(37)20-13-31-36-6-4-5-30-24(20)36)22(12-19(18)26(34)38)33-7-9-35(10-8-33)28(3)16-40-17-28/h4-6,11-13,23,39H,7-10,14-17H2,1-3H3,(H,32,37)/t23-/m1/s1. The summed E-state index contributed by atoms with van der Waals surface area (Å²) in [7, 11) is 0. The monoisotopic (exact) mass is 551 g/mol. The number of carbonyl (C=O) groups excluding carboxylic acids is 2. The number of rotatable bonds is 7. The summed E-state index contributed by atoms with van der Waals surface area (Å²) < 4.78 is 21.7. The Hall–Kier alpha value is -3.61. The third kappa shape index (κ3) is 4.69. The lowest BCUT2D eigenvalue weighted by Crippen LogP contribution is -2.64. The molecule has 5 heterocycles. The van der Waals surface area contributed by atoms with Crippen molar-refractivity contribution in [1.29, 1.82) is 0 Å². The molecular weight excluding hydrogens is 517 g/mol. The second-order valence-electron chi connectivity index (χ2n) is 11.7. The lowest BCUT2D eigenvalue weighted by atomic mass is 9.96. The van der Waals surface area contributed by atoms with Crippen LogP contribution in [0.5, 0.6) is 0 Å². The largest absolute Gasteiger partial charge is 0.387 e. The van der Waals surface area contributed by atoms with E-state index < -0.39 is 11.8 Å². The zero-order valence-electron chi connectivity index (χ0n) is 22.9. The van der Waals surface area contributed by atoms with Crippen LogP contribution in [0, 0.1) is 0 Å². The lowest BCUT2D eigenvalue weighted by Gasteiger charge is -2.50. The number of halogens is 1. The number of carbonyl (C=O) groups is 2. The minimum Gasteiger partial charge on any atom is -0.387 e. The Morgan fingerprint density at radius 3 is 2.67 bits per heavy atom. The van der Waals surface area contributed by atoms with Crippen molar-refractivity contribution >= 4 is 28.8 Å². The fourth-order valence-electron chi connectivity index (χ4n) is 5.58. The van der Waals surface area contributed by atoms with Crippen LogP contribution in [0.15, 0.2) is 36.8 Å². The molecule has 0 saturated carbocycles. The number of hydrogen-bond donors (Lipinski definition) is 2. The summed E-state index contributed by atoms with van der Waals surface area (Å²) in [4.78, 5) is 37.1. The van der Waals surface area contributed by atoms with Gasteiger partial charge in [-0.25, -0.2) is 13.9 Å². The van der Waals surface area contributed by atoms with Gasteiger partial charge in [-0.05, 0) is 44.5 Å². The highest BCUT2D eigenvalue weighted by molar-refractivity contribution is 6.10. The van der Waals surface area contributed by atoms with Crippen molar-refractivity contribution in [2.45, 2.75) is 44.6 Å². The van der Waals surface area contributed by atoms with Gasteiger partial charge in [0.15, 0.2) is 5.65 Å². The summed E-state index contributed by atoms with van der Waals surface area (Å²) in [6.07, 6.45) is 3.21. The number of alkyl halides is 1. The molecule has 2 N–H and O–H groups in total. The van der Waals surface area contributed by atoms with Crippen molar-refractivity contribution in [3.63, 3.8) is 0 Å². The maximum atomic E-state index is 14.7. The second-order valence-corrected chi connectivity index (χ2v) is 11.7. The summed E-state index contributed by atoms with van der Waals surface area (Å²) in [5, 5.41) is 17.3. The van der Waals surface area contributed by atoms with Crippen LogP contribution < -0.4 is 10.2 Å². The van der Waals surface area contributed by atoms with Crippen LogP contribution in [0.3, 0.4) is 0 Å². The molecule has 2 amide bonds. The smallest absolute Gasteiger partial charge is 0.261 e. The molecule has 2 aromatic heterocycles. The molecule has 11 nitrogen and oxygen atoms in total. The number of nitrogens with zero attached hydrogens (tertiary/aromatic N) is 6. The normalized spacial score (nSPS) is 20.0. The number of benzene rings is 1. The van der Waals surface area contributed by atoms with Gasteiger partial charge in [-0.2, -0.15) is 5.10 Å².